The first kappa shape index (κ1) is 12.3. The summed E-state index contributed by atoms with van der Waals surface area (Å²) in [5.41, 5.74) is -1.33. The summed E-state index contributed by atoms with van der Waals surface area (Å²) in [6.45, 7) is 0. The first-order valence-electron chi connectivity index (χ1n) is 4.16. The Kier molecular flexibility index (Phi) is 3.36. The lowest BCUT2D eigenvalue weighted by Gasteiger charge is -2.08. The van der Waals surface area contributed by atoms with Crippen LogP contribution >= 0.6 is 0 Å². The van der Waals surface area contributed by atoms with E-state index < -0.39 is 30.0 Å². The molecular formula is C9H8F3NO3. The van der Waals surface area contributed by atoms with Crippen LogP contribution in [-0.4, -0.2) is 23.2 Å². The van der Waals surface area contributed by atoms with Gasteiger partial charge in [-0.05, 0) is 6.07 Å². The van der Waals surface area contributed by atoms with Crippen LogP contribution in [0.1, 0.15) is 11.3 Å². The van der Waals surface area contributed by atoms with Crippen molar-refractivity contribution in [3.63, 3.8) is 0 Å². The lowest BCUT2D eigenvalue weighted by molar-refractivity contribution is -0.142. The maximum Gasteiger partial charge on any atom is 0.433 e. The number of carbonyl (C=O) groups is 1. The average Bonchev–Trinajstić information content (AvgIpc) is 2.19. The highest BCUT2D eigenvalue weighted by atomic mass is 19.4. The normalized spacial score (nSPS) is 11.2. The smallest absolute Gasteiger partial charge is 0.433 e. The molecule has 0 unspecified atom stereocenters. The molecule has 0 spiro atoms. The van der Waals surface area contributed by atoms with Gasteiger partial charge < -0.3 is 9.84 Å². The van der Waals surface area contributed by atoms with Crippen LogP contribution in [0.3, 0.4) is 0 Å². The number of hydrogen-bond donors (Lipinski definition) is 1. The second-order valence-electron chi connectivity index (χ2n) is 2.95. The molecule has 7 heteroatoms. The lowest BCUT2D eigenvalue weighted by atomic mass is 10.1. The van der Waals surface area contributed by atoms with Gasteiger partial charge in [-0.25, -0.2) is 4.98 Å². The van der Waals surface area contributed by atoms with Crippen LogP contribution in [0.15, 0.2) is 12.3 Å². The molecule has 0 aliphatic rings. The van der Waals surface area contributed by atoms with Crippen LogP contribution in [0.5, 0.6) is 5.75 Å². The molecule has 16 heavy (non-hydrogen) atoms. The van der Waals surface area contributed by atoms with Crippen molar-refractivity contribution in [3.8, 4) is 5.75 Å². The Balaban J connectivity index is 3.04. The first-order chi connectivity index (χ1) is 7.34. The Hall–Kier alpha value is -1.79. The highest BCUT2D eigenvalue weighted by Crippen LogP contribution is 2.30. The number of halogens is 3. The summed E-state index contributed by atoms with van der Waals surface area (Å²) < 4.78 is 41.1. The maximum absolute atomic E-state index is 12.3. The topological polar surface area (TPSA) is 59.4 Å². The Morgan fingerprint density at radius 2 is 2.19 bits per heavy atom. The molecule has 1 heterocycles. The second kappa shape index (κ2) is 4.38. The number of methoxy groups -OCH3 is 1. The van der Waals surface area contributed by atoms with E-state index in [0.29, 0.717) is 12.3 Å². The monoisotopic (exact) mass is 235 g/mol. The van der Waals surface area contributed by atoms with Gasteiger partial charge in [0.25, 0.3) is 0 Å². The van der Waals surface area contributed by atoms with Crippen molar-refractivity contribution in [2.24, 2.45) is 0 Å². The van der Waals surface area contributed by atoms with Crippen molar-refractivity contribution < 1.29 is 27.8 Å². The number of aromatic nitrogens is 1. The number of rotatable bonds is 2. The minimum atomic E-state index is -4.61. The minimum Gasteiger partial charge on any atom is -0.506 e. The minimum absolute atomic E-state index is 0.172. The molecule has 0 atom stereocenters. The largest absolute Gasteiger partial charge is 0.506 e. The van der Waals surface area contributed by atoms with Crippen LogP contribution in [0.25, 0.3) is 0 Å². The molecule has 0 aromatic carbocycles. The van der Waals surface area contributed by atoms with E-state index in [0.717, 1.165) is 7.11 Å². The molecule has 0 aliphatic heterocycles. The summed E-state index contributed by atoms with van der Waals surface area (Å²) in [5.74, 6) is -1.21. The zero-order valence-electron chi connectivity index (χ0n) is 8.21. The zero-order chi connectivity index (χ0) is 12.3. The van der Waals surface area contributed by atoms with E-state index in [1.54, 1.807) is 0 Å². The molecular weight excluding hydrogens is 227 g/mol. The van der Waals surface area contributed by atoms with Gasteiger partial charge in [0.05, 0.1) is 19.7 Å². The predicted molar refractivity (Wildman–Crippen MR) is 46.6 cm³/mol. The molecule has 88 valence electrons. The fourth-order valence-corrected chi connectivity index (χ4v) is 1.01. The molecule has 1 N–H and O–H groups in total. The lowest BCUT2D eigenvalue weighted by Crippen LogP contribution is -2.10. The van der Waals surface area contributed by atoms with Crippen LogP contribution in [0.4, 0.5) is 13.2 Å². The number of aromatic hydroxyl groups is 1. The van der Waals surface area contributed by atoms with Crippen molar-refractivity contribution in [1.29, 1.82) is 0 Å². The number of pyridine rings is 1. The number of alkyl halides is 3. The highest BCUT2D eigenvalue weighted by molar-refractivity contribution is 5.73. The van der Waals surface area contributed by atoms with Crippen molar-refractivity contribution in [1.82, 2.24) is 4.98 Å². The molecule has 0 saturated carbocycles. The number of hydrogen-bond acceptors (Lipinski definition) is 4. The van der Waals surface area contributed by atoms with E-state index in [1.165, 1.54) is 0 Å². The van der Waals surface area contributed by atoms with Gasteiger partial charge in [0.1, 0.15) is 11.4 Å². The van der Waals surface area contributed by atoms with E-state index in [1.807, 2.05) is 0 Å². The molecule has 0 saturated heterocycles. The third-order valence-corrected chi connectivity index (χ3v) is 1.82. The number of nitrogens with zero attached hydrogens (tertiary/aromatic N) is 1. The standard InChI is InChI=1S/C9H8F3NO3/c1-16-8(15)3-5-2-7(9(10,11)12)13-4-6(5)14/h2,4,14H,3H2,1H3. The maximum atomic E-state index is 12.3. The summed E-state index contributed by atoms with van der Waals surface area (Å²) in [6, 6.07) is 0.617. The quantitative estimate of drug-likeness (QED) is 0.789. The summed E-state index contributed by atoms with van der Waals surface area (Å²) in [5, 5.41) is 9.21. The highest BCUT2D eigenvalue weighted by Gasteiger charge is 2.33. The molecule has 0 radical (unpaired) electrons. The molecule has 4 nitrogen and oxygen atoms in total. The summed E-state index contributed by atoms with van der Waals surface area (Å²) in [4.78, 5) is 13.9. The van der Waals surface area contributed by atoms with Crippen molar-refractivity contribution in [2.45, 2.75) is 12.6 Å². The van der Waals surface area contributed by atoms with Crippen molar-refractivity contribution >= 4 is 5.97 Å². The van der Waals surface area contributed by atoms with Gasteiger partial charge in [0.15, 0.2) is 0 Å². The van der Waals surface area contributed by atoms with E-state index in [-0.39, 0.29) is 5.56 Å². The number of ether oxygens (including phenoxy) is 1. The Labute approximate surface area is 88.7 Å². The van der Waals surface area contributed by atoms with E-state index >= 15 is 0 Å². The molecule has 0 aliphatic carbocycles. The second-order valence-corrected chi connectivity index (χ2v) is 2.95. The Bertz CT molecular complexity index is 403. The summed E-state index contributed by atoms with van der Waals surface area (Å²) in [7, 11) is 1.10. The Morgan fingerprint density at radius 3 is 2.69 bits per heavy atom. The fraction of sp³-hybridized carbons (Fsp3) is 0.333. The van der Waals surface area contributed by atoms with Gasteiger partial charge in [0, 0.05) is 5.56 Å². The van der Waals surface area contributed by atoms with Gasteiger partial charge in [0.2, 0.25) is 0 Å². The van der Waals surface area contributed by atoms with Gasteiger partial charge in [-0.2, -0.15) is 13.2 Å². The summed E-state index contributed by atoms with van der Waals surface area (Å²) in [6.07, 6.45) is -4.40. The van der Waals surface area contributed by atoms with Gasteiger partial charge in [-0.15, -0.1) is 0 Å². The Morgan fingerprint density at radius 1 is 1.56 bits per heavy atom. The first-order valence-corrected chi connectivity index (χ1v) is 4.16. The zero-order valence-corrected chi connectivity index (χ0v) is 8.21. The van der Waals surface area contributed by atoms with Crippen LogP contribution < -0.4 is 0 Å². The molecule has 0 bridgehead atoms. The average molecular weight is 235 g/mol. The molecule has 0 amide bonds. The van der Waals surface area contributed by atoms with E-state index in [4.69, 9.17) is 0 Å². The molecule has 1 rings (SSSR count). The van der Waals surface area contributed by atoms with Gasteiger partial charge in [-0.3, -0.25) is 4.79 Å². The molecule has 1 aromatic rings. The third kappa shape index (κ3) is 2.85. The molecule has 1 aromatic heterocycles. The summed E-state index contributed by atoms with van der Waals surface area (Å²) >= 11 is 0. The number of esters is 1. The van der Waals surface area contributed by atoms with Crippen LogP contribution in [0.2, 0.25) is 0 Å². The number of carbonyl (C=O) groups excluding carboxylic acids is 1. The third-order valence-electron chi connectivity index (χ3n) is 1.82. The van der Waals surface area contributed by atoms with E-state index in [2.05, 4.69) is 9.72 Å². The van der Waals surface area contributed by atoms with Gasteiger partial charge >= 0.3 is 12.1 Å². The van der Waals surface area contributed by atoms with Crippen molar-refractivity contribution in [2.75, 3.05) is 7.11 Å². The molecule has 0 fully saturated rings. The van der Waals surface area contributed by atoms with Gasteiger partial charge in [-0.1, -0.05) is 0 Å². The van der Waals surface area contributed by atoms with E-state index in [9.17, 15) is 23.1 Å². The van der Waals surface area contributed by atoms with Crippen LogP contribution in [-0.2, 0) is 22.1 Å². The van der Waals surface area contributed by atoms with Crippen molar-refractivity contribution in [3.05, 3.63) is 23.5 Å². The fourth-order valence-electron chi connectivity index (χ4n) is 1.01. The van der Waals surface area contributed by atoms with Crippen LogP contribution in [0, 0.1) is 0 Å². The predicted octanol–water partition coefficient (Wildman–Crippen LogP) is 1.52. The SMILES string of the molecule is COC(=O)Cc1cc(C(F)(F)F)ncc1O.